The van der Waals surface area contributed by atoms with Crippen LogP contribution in [0.1, 0.15) is 50.4 Å². The number of hydrogen-bond acceptors (Lipinski definition) is 2. The molecule has 3 nitrogen and oxygen atoms in total. The fourth-order valence-corrected chi connectivity index (χ4v) is 2.97. The van der Waals surface area contributed by atoms with Gasteiger partial charge in [-0.15, -0.1) is 0 Å². The van der Waals surface area contributed by atoms with Crippen LogP contribution in [0.2, 0.25) is 0 Å². The maximum Gasteiger partial charge on any atom is 0.255 e. The van der Waals surface area contributed by atoms with Gasteiger partial charge >= 0.3 is 0 Å². The van der Waals surface area contributed by atoms with Gasteiger partial charge < -0.3 is 10.1 Å². The molecule has 2 rings (SSSR count). The zero-order valence-corrected chi connectivity index (χ0v) is 12.7. The lowest BCUT2D eigenvalue weighted by Crippen LogP contribution is -2.43. The molecule has 0 spiro atoms. The summed E-state index contributed by atoms with van der Waals surface area (Å²) in [5.74, 6) is 1.87. The van der Waals surface area contributed by atoms with E-state index in [4.69, 9.17) is 4.74 Å². The smallest absolute Gasteiger partial charge is 0.255 e. The summed E-state index contributed by atoms with van der Waals surface area (Å²) in [6, 6.07) is 7.74. The predicted octanol–water partition coefficient (Wildman–Crippen LogP) is 3.64. The lowest BCUT2D eigenvalue weighted by molar-refractivity contribution is 0.0887. The lowest BCUT2D eigenvalue weighted by Gasteiger charge is -2.34. The van der Waals surface area contributed by atoms with E-state index in [0.29, 0.717) is 29.8 Å². The van der Waals surface area contributed by atoms with Gasteiger partial charge in [0.05, 0.1) is 12.2 Å². The highest BCUT2D eigenvalue weighted by atomic mass is 16.5. The summed E-state index contributed by atoms with van der Waals surface area (Å²) in [6.45, 7) is 7.01. The number of ether oxygens (including phenoxy) is 1. The van der Waals surface area contributed by atoms with Crippen molar-refractivity contribution in [1.82, 2.24) is 5.32 Å². The van der Waals surface area contributed by atoms with Crippen molar-refractivity contribution in [2.45, 2.75) is 46.1 Å². The molecule has 0 aliphatic heterocycles. The standard InChI is InChI=1S/C17H25NO2/c1-4-20-16-11-6-5-9-14(16)17(19)18-15-10-7-8-12(2)13(15)3/h5-6,9,11-13,15H,4,7-8,10H2,1-3H3,(H,18,19)/t12-,13+,15-/m1/s1. The molecule has 1 aromatic carbocycles. The van der Waals surface area contributed by atoms with Gasteiger partial charge in [-0.2, -0.15) is 0 Å². The first-order chi connectivity index (χ1) is 9.63. The topological polar surface area (TPSA) is 38.3 Å². The van der Waals surface area contributed by atoms with Crippen molar-refractivity contribution >= 4 is 5.91 Å². The van der Waals surface area contributed by atoms with Crippen LogP contribution >= 0.6 is 0 Å². The van der Waals surface area contributed by atoms with E-state index in [9.17, 15) is 4.79 Å². The highest BCUT2D eigenvalue weighted by Gasteiger charge is 2.28. The molecule has 110 valence electrons. The molecule has 1 aliphatic rings. The average Bonchev–Trinajstić information content (AvgIpc) is 2.45. The fourth-order valence-electron chi connectivity index (χ4n) is 2.97. The first-order valence-corrected chi connectivity index (χ1v) is 7.66. The van der Waals surface area contributed by atoms with E-state index in [1.165, 1.54) is 12.8 Å². The van der Waals surface area contributed by atoms with E-state index in [-0.39, 0.29) is 11.9 Å². The maximum atomic E-state index is 12.5. The summed E-state index contributed by atoms with van der Waals surface area (Å²) in [4.78, 5) is 12.5. The first-order valence-electron chi connectivity index (χ1n) is 7.66. The van der Waals surface area contributed by atoms with Crippen molar-refractivity contribution in [2.24, 2.45) is 11.8 Å². The van der Waals surface area contributed by atoms with Crippen LogP contribution in [0.15, 0.2) is 24.3 Å². The third-order valence-electron chi connectivity index (χ3n) is 4.45. The van der Waals surface area contributed by atoms with Crippen molar-refractivity contribution < 1.29 is 9.53 Å². The van der Waals surface area contributed by atoms with Crippen molar-refractivity contribution in [3.8, 4) is 5.75 Å². The number of amides is 1. The van der Waals surface area contributed by atoms with E-state index in [1.54, 1.807) is 0 Å². The molecule has 1 N–H and O–H groups in total. The van der Waals surface area contributed by atoms with Gasteiger partial charge in [-0.1, -0.05) is 38.8 Å². The molecule has 0 radical (unpaired) electrons. The van der Waals surface area contributed by atoms with Gasteiger partial charge in [0.2, 0.25) is 0 Å². The van der Waals surface area contributed by atoms with E-state index >= 15 is 0 Å². The number of rotatable bonds is 4. The largest absolute Gasteiger partial charge is 0.493 e. The summed E-state index contributed by atoms with van der Waals surface area (Å²) in [5.41, 5.74) is 0.639. The molecule has 0 saturated heterocycles. The van der Waals surface area contributed by atoms with E-state index in [1.807, 2.05) is 31.2 Å². The number of para-hydroxylation sites is 1. The molecular weight excluding hydrogens is 250 g/mol. The minimum absolute atomic E-state index is 0.0139. The molecule has 20 heavy (non-hydrogen) atoms. The second kappa shape index (κ2) is 6.78. The van der Waals surface area contributed by atoms with E-state index in [2.05, 4.69) is 19.2 Å². The number of benzene rings is 1. The van der Waals surface area contributed by atoms with Gasteiger partial charge in [-0.3, -0.25) is 4.79 Å². The molecule has 0 aromatic heterocycles. The highest BCUT2D eigenvalue weighted by molar-refractivity contribution is 5.97. The zero-order valence-electron chi connectivity index (χ0n) is 12.7. The molecule has 0 heterocycles. The second-order valence-electron chi connectivity index (χ2n) is 5.78. The first kappa shape index (κ1) is 14.9. The van der Waals surface area contributed by atoms with Gasteiger partial charge in [0.15, 0.2) is 0 Å². The van der Waals surface area contributed by atoms with Gasteiger partial charge in [0.1, 0.15) is 5.75 Å². The van der Waals surface area contributed by atoms with Gasteiger partial charge in [-0.05, 0) is 37.3 Å². The normalized spacial score (nSPS) is 26.1. The van der Waals surface area contributed by atoms with Crippen LogP contribution in [0.4, 0.5) is 0 Å². The van der Waals surface area contributed by atoms with Crippen LogP contribution < -0.4 is 10.1 Å². The molecule has 1 amide bonds. The maximum absolute atomic E-state index is 12.5. The summed E-state index contributed by atoms with van der Waals surface area (Å²) in [6.07, 6.45) is 3.54. The summed E-state index contributed by atoms with van der Waals surface area (Å²) in [7, 11) is 0. The van der Waals surface area contributed by atoms with Gasteiger partial charge in [0.25, 0.3) is 5.91 Å². The quantitative estimate of drug-likeness (QED) is 0.911. The molecule has 1 fully saturated rings. The average molecular weight is 275 g/mol. The Morgan fingerprint density at radius 3 is 2.80 bits per heavy atom. The molecule has 1 aliphatic carbocycles. The summed E-state index contributed by atoms with van der Waals surface area (Å²) < 4.78 is 5.53. The molecule has 1 saturated carbocycles. The molecule has 1 aromatic rings. The number of carbonyl (C=O) groups is 1. The van der Waals surface area contributed by atoms with Gasteiger partial charge in [-0.25, -0.2) is 0 Å². The summed E-state index contributed by atoms with van der Waals surface area (Å²) >= 11 is 0. The highest BCUT2D eigenvalue weighted by Crippen LogP contribution is 2.30. The van der Waals surface area contributed by atoms with Crippen molar-refractivity contribution in [2.75, 3.05) is 6.61 Å². The van der Waals surface area contributed by atoms with Crippen molar-refractivity contribution in [3.05, 3.63) is 29.8 Å². The monoisotopic (exact) mass is 275 g/mol. The third kappa shape index (κ3) is 3.33. The second-order valence-corrected chi connectivity index (χ2v) is 5.78. The Bertz CT molecular complexity index is 458. The minimum Gasteiger partial charge on any atom is -0.493 e. The fraction of sp³-hybridized carbons (Fsp3) is 0.588. The third-order valence-corrected chi connectivity index (χ3v) is 4.45. The van der Waals surface area contributed by atoms with Crippen LogP contribution in [-0.4, -0.2) is 18.6 Å². The van der Waals surface area contributed by atoms with E-state index in [0.717, 1.165) is 6.42 Å². The molecular formula is C17H25NO2. The Hall–Kier alpha value is -1.51. The number of nitrogens with one attached hydrogen (secondary N) is 1. The molecule has 0 unspecified atom stereocenters. The lowest BCUT2D eigenvalue weighted by atomic mass is 9.78. The van der Waals surface area contributed by atoms with Crippen LogP contribution in [0.3, 0.4) is 0 Å². The van der Waals surface area contributed by atoms with Gasteiger partial charge in [0, 0.05) is 6.04 Å². The number of carbonyl (C=O) groups excluding carboxylic acids is 1. The zero-order chi connectivity index (χ0) is 14.5. The Kier molecular flexibility index (Phi) is 5.05. The SMILES string of the molecule is CCOc1ccccc1C(=O)N[C@@H]1CCC[C@@H](C)[C@@H]1C. The van der Waals surface area contributed by atoms with Crippen LogP contribution in [0, 0.1) is 11.8 Å². The van der Waals surface area contributed by atoms with Crippen LogP contribution in [0.5, 0.6) is 5.75 Å². The van der Waals surface area contributed by atoms with Crippen molar-refractivity contribution in [3.63, 3.8) is 0 Å². The summed E-state index contributed by atoms with van der Waals surface area (Å²) in [5, 5.41) is 3.20. The Labute approximate surface area is 121 Å². The number of hydrogen-bond donors (Lipinski definition) is 1. The minimum atomic E-state index is -0.0139. The molecule has 0 bridgehead atoms. The van der Waals surface area contributed by atoms with E-state index < -0.39 is 0 Å². The Balaban J connectivity index is 2.08. The van der Waals surface area contributed by atoms with Crippen molar-refractivity contribution in [1.29, 1.82) is 0 Å². The molecule has 3 heteroatoms. The Morgan fingerprint density at radius 1 is 1.30 bits per heavy atom. The predicted molar refractivity (Wildman–Crippen MR) is 81.0 cm³/mol. The van der Waals surface area contributed by atoms with Crippen LogP contribution in [-0.2, 0) is 0 Å². The Morgan fingerprint density at radius 2 is 2.05 bits per heavy atom. The van der Waals surface area contributed by atoms with Crippen LogP contribution in [0.25, 0.3) is 0 Å². The molecule has 3 atom stereocenters.